The molecule has 2 N–H and O–H groups in total. The molecule has 2 aromatic rings. The van der Waals surface area contributed by atoms with E-state index in [1.54, 1.807) is 0 Å². The summed E-state index contributed by atoms with van der Waals surface area (Å²) in [6.07, 6.45) is 3.75. The maximum Gasteiger partial charge on any atom is 0.697 e. The van der Waals surface area contributed by atoms with Crippen LogP contribution in [0.5, 0.6) is 0 Å². The molecule has 2 rings (SSSR count). The number of rotatable bonds is 18. The lowest BCUT2D eigenvalue weighted by atomic mass is 10.2. The summed E-state index contributed by atoms with van der Waals surface area (Å²) in [4.78, 5) is 23.3. The second-order valence-corrected chi connectivity index (χ2v) is 8.95. The van der Waals surface area contributed by atoms with Gasteiger partial charge in [0, 0.05) is 17.7 Å². The van der Waals surface area contributed by atoms with Gasteiger partial charge in [0.15, 0.2) is 0 Å². The number of unbranched alkanes of at least 4 members (excludes halogenated alkanes) is 4. The Morgan fingerprint density at radius 3 is 1.44 bits per heavy atom. The Bertz CT molecular complexity index is 813. The molecule has 0 aliphatic carbocycles. The Labute approximate surface area is 213 Å². The Hall–Kier alpha value is -3.00. The maximum atomic E-state index is 11.7. The number of ether oxygens (including phenoxy) is 2. The van der Waals surface area contributed by atoms with Crippen molar-refractivity contribution in [2.45, 2.75) is 51.7 Å². The largest absolute Gasteiger partial charge is 0.697 e. The number of carbonyl (C=O) groups excluding carboxylic acids is 2. The highest BCUT2D eigenvalue weighted by atomic mass is 31.1. The van der Waals surface area contributed by atoms with Crippen molar-refractivity contribution in [2.75, 3.05) is 26.3 Å². The van der Waals surface area contributed by atoms with Gasteiger partial charge in [-0.2, -0.15) is 0 Å². The smallest absolute Gasteiger partial charge is 0.445 e. The minimum atomic E-state index is -2.13. The summed E-state index contributed by atoms with van der Waals surface area (Å²) in [7, 11) is -2.13. The lowest BCUT2D eigenvalue weighted by Gasteiger charge is -2.06. The molecule has 0 aromatic heterocycles. The standard InChI is InChI=1S/C26H35N2O7P/c29-25(32-21-23-13-5-1-6-14-23)27-17-9-3-11-19-34-36(31)35-20-12-4-10-18-28-26(30)33-22-24-15-7-2-8-16-24/h1-2,5-8,13-16H,3-4,9-12,17-22H2,(H-,27,28,29,30)/p+1. The topological polar surface area (TPSA) is 112 Å². The van der Waals surface area contributed by atoms with Crippen LogP contribution in [0.25, 0.3) is 0 Å². The van der Waals surface area contributed by atoms with Crippen LogP contribution in [-0.2, 0) is 36.3 Å². The Morgan fingerprint density at radius 1 is 0.611 bits per heavy atom. The molecule has 0 unspecified atom stereocenters. The zero-order chi connectivity index (χ0) is 25.7. The molecular weight excluding hydrogens is 483 g/mol. The first-order valence-electron chi connectivity index (χ1n) is 12.3. The zero-order valence-corrected chi connectivity index (χ0v) is 21.5. The third-order valence-corrected chi connectivity index (χ3v) is 5.79. The van der Waals surface area contributed by atoms with Gasteiger partial charge in [-0.3, -0.25) is 0 Å². The van der Waals surface area contributed by atoms with Crippen LogP contribution in [0, 0.1) is 0 Å². The first kappa shape index (κ1) is 29.2. The summed E-state index contributed by atoms with van der Waals surface area (Å²) in [5.41, 5.74) is 1.88. The lowest BCUT2D eigenvalue weighted by molar-refractivity contribution is 0.138. The SMILES string of the molecule is O=C(NCCCCCO[P+](=O)OCCCCCNC(=O)OCc1ccccc1)OCc1ccccc1. The number of hydrogen-bond acceptors (Lipinski definition) is 7. The van der Waals surface area contributed by atoms with Crippen molar-refractivity contribution >= 4 is 20.4 Å². The maximum absolute atomic E-state index is 11.7. The summed E-state index contributed by atoms with van der Waals surface area (Å²) in [5.74, 6) is 0. The average molecular weight is 520 g/mol. The van der Waals surface area contributed by atoms with Gasteiger partial charge in [0.25, 0.3) is 0 Å². The molecule has 0 spiro atoms. The minimum absolute atomic E-state index is 0.244. The second-order valence-electron chi connectivity index (χ2n) is 7.99. The van der Waals surface area contributed by atoms with Crippen LogP contribution in [0.15, 0.2) is 60.7 Å². The zero-order valence-electron chi connectivity index (χ0n) is 20.6. The number of carbonyl (C=O) groups is 2. The molecule has 0 radical (unpaired) electrons. The van der Waals surface area contributed by atoms with E-state index in [4.69, 9.17) is 18.5 Å². The highest BCUT2D eigenvalue weighted by molar-refractivity contribution is 7.33. The molecule has 0 aliphatic rings. The van der Waals surface area contributed by atoms with E-state index in [1.165, 1.54) is 0 Å². The van der Waals surface area contributed by atoms with Gasteiger partial charge >= 0.3 is 20.4 Å². The molecule has 0 saturated heterocycles. The van der Waals surface area contributed by atoms with Gasteiger partial charge in [-0.15, -0.1) is 9.05 Å². The molecule has 2 amide bonds. The highest BCUT2D eigenvalue weighted by Gasteiger charge is 2.19. The molecule has 2 aromatic carbocycles. The third kappa shape index (κ3) is 15.1. The van der Waals surface area contributed by atoms with Crippen molar-refractivity contribution in [1.82, 2.24) is 10.6 Å². The van der Waals surface area contributed by atoms with Crippen LogP contribution in [0.4, 0.5) is 9.59 Å². The molecular formula is C26H36N2O7P+. The summed E-state index contributed by atoms with van der Waals surface area (Å²) in [6, 6.07) is 19.0. The predicted octanol–water partition coefficient (Wildman–Crippen LogP) is 5.87. The number of benzene rings is 2. The summed E-state index contributed by atoms with van der Waals surface area (Å²) >= 11 is 0. The fourth-order valence-electron chi connectivity index (χ4n) is 3.05. The summed E-state index contributed by atoms with van der Waals surface area (Å²) in [5, 5.41) is 5.41. The number of nitrogens with one attached hydrogen (secondary N) is 2. The molecule has 0 fully saturated rings. The van der Waals surface area contributed by atoms with Crippen molar-refractivity contribution in [1.29, 1.82) is 0 Å². The van der Waals surface area contributed by atoms with Crippen molar-refractivity contribution in [2.24, 2.45) is 0 Å². The molecule has 9 nitrogen and oxygen atoms in total. The Morgan fingerprint density at radius 2 is 1.03 bits per heavy atom. The van der Waals surface area contributed by atoms with Crippen molar-refractivity contribution in [3.63, 3.8) is 0 Å². The average Bonchev–Trinajstić information content (AvgIpc) is 2.90. The van der Waals surface area contributed by atoms with E-state index in [0.717, 1.165) is 49.7 Å². The molecule has 0 saturated carbocycles. The first-order valence-corrected chi connectivity index (χ1v) is 13.3. The van der Waals surface area contributed by atoms with E-state index in [-0.39, 0.29) is 13.2 Å². The van der Waals surface area contributed by atoms with E-state index in [2.05, 4.69) is 10.6 Å². The van der Waals surface area contributed by atoms with Crippen LogP contribution in [0.2, 0.25) is 0 Å². The van der Waals surface area contributed by atoms with Gasteiger partial charge in [-0.1, -0.05) is 60.7 Å². The Kier molecular flexibility index (Phi) is 15.6. The van der Waals surface area contributed by atoms with Gasteiger partial charge in [-0.25, -0.2) is 9.59 Å². The highest BCUT2D eigenvalue weighted by Crippen LogP contribution is 2.24. The molecule has 196 valence electrons. The van der Waals surface area contributed by atoms with Crippen LogP contribution in [0.3, 0.4) is 0 Å². The van der Waals surface area contributed by atoms with Crippen molar-refractivity contribution in [3.8, 4) is 0 Å². The minimum Gasteiger partial charge on any atom is -0.445 e. The van der Waals surface area contributed by atoms with Gasteiger partial charge in [0.05, 0.1) is 0 Å². The molecule has 10 heteroatoms. The quantitative estimate of drug-likeness (QED) is 0.187. The van der Waals surface area contributed by atoms with Gasteiger partial charge < -0.3 is 20.1 Å². The second kappa shape index (κ2) is 19.2. The summed E-state index contributed by atoms with van der Waals surface area (Å²) < 4.78 is 32.4. The molecule has 0 bridgehead atoms. The van der Waals surface area contributed by atoms with Gasteiger partial charge in [-0.05, 0) is 49.7 Å². The van der Waals surface area contributed by atoms with Gasteiger partial charge in [0.1, 0.15) is 26.4 Å². The van der Waals surface area contributed by atoms with Gasteiger partial charge in [0.2, 0.25) is 0 Å². The van der Waals surface area contributed by atoms with Crippen molar-refractivity contribution in [3.05, 3.63) is 71.8 Å². The molecule has 0 aliphatic heterocycles. The van der Waals surface area contributed by atoms with E-state index in [9.17, 15) is 14.2 Å². The molecule has 0 heterocycles. The monoisotopic (exact) mass is 519 g/mol. The Balaban J connectivity index is 1.32. The van der Waals surface area contributed by atoms with Crippen LogP contribution in [-0.4, -0.2) is 38.5 Å². The predicted molar refractivity (Wildman–Crippen MR) is 136 cm³/mol. The third-order valence-electron chi connectivity index (χ3n) is 5.00. The number of alkyl carbamates (subject to hydrolysis) is 2. The molecule has 0 atom stereocenters. The van der Waals surface area contributed by atoms with Crippen LogP contribution in [0.1, 0.15) is 49.7 Å². The fraction of sp³-hybridized carbons (Fsp3) is 0.462. The van der Waals surface area contributed by atoms with E-state index >= 15 is 0 Å². The lowest BCUT2D eigenvalue weighted by Crippen LogP contribution is -2.25. The van der Waals surface area contributed by atoms with Crippen LogP contribution < -0.4 is 10.6 Å². The number of hydrogen-bond donors (Lipinski definition) is 2. The number of amides is 2. The summed E-state index contributed by atoms with van der Waals surface area (Å²) in [6.45, 7) is 2.18. The normalized spacial score (nSPS) is 10.4. The fourth-order valence-corrected chi connectivity index (χ4v) is 3.68. The van der Waals surface area contributed by atoms with Crippen molar-refractivity contribution < 1.29 is 32.7 Å². The molecule has 36 heavy (non-hydrogen) atoms. The first-order chi connectivity index (χ1) is 17.6. The van der Waals surface area contributed by atoms with E-state index in [0.29, 0.717) is 26.3 Å². The van der Waals surface area contributed by atoms with E-state index in [1.807, 2.05) is 60.7 Å². The van der Waals surface area contributed by atoms with Crippen LogP contribution >= 0.6 is 8.25 Å². The van der Waals surface area contributed by atoms with E-state index < -0.39 is 20.4 Å².